The highest BCUT2D eigenvalue weighted by Gasteiger charge is 2.28. The molecule has 0 saturated heterocycles. The first kappa shape index (κ1) is 43.0. The van der Waals surface area contributed by atoms with Gasteiger partial charge in [0.15, 0.2) is 0 Å². The summed E-state index contributed by atoms with van der Waals surface area (Å²) in [5, 5.41) is 20.9. The van der Waals surface area contributed by atoms with Crippen LogP contribution in [0.25, 0.3) is 0 Å². The van der Waals surface area contributed by atoms with Gasteiger partial charge in [0.25, 0.3) is 0 Å². The fourth-order valence-electron chi connectivity index (χ4n) is 5.92. The number of nitrogens with one attached hydrogen (secondary N) is 4. The van der Waals surface area contributed by atoms with Gasteiger partial charge in [-0.3, -0.25) is 24.0 Å². The van der Waals surface area contributed by atoms with Crippen molar-refractivity contribution in [2.45, 2.75) is 109 Å². The van der Waals surface area contributed by atoms with Gasteiger partial charge < -0.3 is 36.8 Å². The molecule has 0 bridgehead atoms. The smallest absolute Gasteiger partial charge is 0.305 e. The topological polar surface area (TPSA) is 189 Å². The molecule has 0 spiro atoms. The lowest BCUT2D eigenvalue weighted by Crippen LogP contribution is -2.54. The van der Waals surface area contributed by atoms with Crippen LogP contribution in [0.15, 0.2) is 12.1 Å². The Balaban J connectivity index is 0.0000115. The van der Waals surface area contributed by atoms with Crippen LogP contribution in [0.3, 0.4) is 0 Å². The number of aromatic hydroxyl groups is 1. The molecule has 14 heteroatoms. The van der Waals surface area contributed by atoms with E-state index in [4.69, 9.17) is 5.73 Å². The molecule has 0 aromatic heterocycles. The van der Waals surface area contributed by atoms with E-state index >= 15 is 0 Å². The summed E-state index contributed by atoms with van der Waals surface area (Å²) < 4.78 is 4.65. The Bertz CT molecular complexity index is 1180. The van der Waals surface area contributed by atoms with Crippen molar-refractivity contribution >= 4 is 53.8 Å². The highest BCUT2D eigenvalue weighted by atomic mass is 35.5. The van der Waals surface area contributed by atoms with E-state index in [2.05, 4.69) is 26.0 Å². The minimum atomic E-state index is -0.920. The monoisotopic (exact) mass is 713 g/mol. The number of phenolic OH excluding ortho intramolecular Hbond substituents is 1. The van der Waals surface area contributed by atoms with Gasteiger partial charge in [0.2, 0.25) is 23.6 Å². The van der Waals surface area contributed by atoms with E-state index in [0.717, 1.165) is 48.8 Å². The molecule has 272 valence electrons. The number of hydrogen-bond acceptors (Lipinski definition) is 9. The maximum atomic E-state index is 13.1. The number of esters is 1. The Kier molecular flexibility index (Phi) is 20.9. The van der Waals surface area contributed by atoms with E-state index in [1.807, 2.05) is 20.1 Å². The van der Waals surface area contributed by atoms with Gasteiger partial charge in [-0.15, -0.1) is 12.4 Å². The van der Waals surface area contributed by atoms with E-state index in [1.165, 1.54) is 25.3 Å². The van der Waals surface area contributed by atoms with Crippen LogP contribution in [0.4, 0.5) is 0 Å². The van der Waals surface area contributed by atoms with Gasteiger partial charge in [-0.2, -0.15) is 11.8 Å². The molecule has 7 N–H and O–H groups in total. The van der Waals surface area contributed by atoms with Crippen LogP contribution in [0, 0.1) is 19.8 Å². The first-order valence-electron chi connectivity index (χ1n) is 16.7. The fraction of sp³-hybridized carbons (Fsp3) is 0.676. The van der Waals surface area contributed by atoms with E-state index in [1.54, 1.807) is 12.1 Å². The molecule has 2 rings (SSSR count). The number of benzene rings is 1. The molecular formula is C34H56ClN5O7S. The summed E-state index contributed by atoms with van der Waals surface area (Å²) in [4.78, 5) is 63.6. The van der Waals surface area contributed by atoms with Crippen molar-refractivity contribution in [3.8, 4) is 5.75 Å². The predicted octanol–water partition coefficient (Wildman–Crippen LogP) is 2.96. The molecule has 1 fully saturated rings. The number of methoxy groups -OCH3 is 1. The number of ether oxygens (including phenoxy) is 1. The highest BCUT2D eigenvalue weighted by molar-refractivity contribution is 7.98. The number of unbranched alkanes of at least 4 members (excludes halogenated alkanes) is 2. The molecule has 1 aromatic carbocycles. The second-order valence-corrected chi connectivity index (χ2v) is 13.5. The maximum absolute atomic E-state index is 13.1. The van der Waals surface area contributed by atoms with E-state index in [-0.39, 0.29) is 43.0 Å². The fourth-order valence-corrected chi connectivity index (χ4v) is 6.39. The normalized spacial score (nSPS) is 14.9. The summed E-state index contributed by atoms with van der Waals surface area (Å²) in [5.74, 6) is -0.928. The lowest BCUT2D eigenvalue weighted by Gasteiger charge is -2.27. The Morgan fingerprint density at radius 1 is 0.938 bits per heavy atom. The van der Waals surface area contributed by atoms with Crippen molar-refractivity contribution in [1.29, 1.82) is 0 Å². The highest BCUT2D eigenvalue weighted by Crippen LogP contribution is 2.27. The molecule has 0 unspecified atom stereocenters. The minimum Gasteiger partial charge on any atom is -0.508 e. The number of aryl methyl sites for hydroxylation is 2. The van der Waals surface area contributed by atoms with Gasteiger partial charge in [0.1, 0.15) is 17.8 Å². The molecule has 1 aromatic rings. The molecule has 0 heterocycles. The summed E-state index contributed by atoms with van der Waals surface area (Å²) in [6.45, 7) is 3.76. The molecule has 4 amide bonds. The lowest BCUT2D eigenvalue weighted by molar-refractivity contribution is -0.140. The Labute approximate surface area is 295 Å². The van der Waals surface area contributed by atoms with Crippen LogP contribution in [-0.4, -0.2) is 85.0 Å². The van der Waals surface area contributed by atoms with Crippen LogP contribution >= 0.6 is 24.2 Å². The maximum Gasteiger partial charge on any atom is 0.305 e. The van der Waals surface area contributed by atoms with Crippen LogP contribution < -0.4 is 27.0 Å². The first-order valence-corrected chi connectivity index (χ1v) is 18.1. The van der Waals surface area contributed by atoms with Crippen molar-refractivity contribution in [3.05, 3.63) is 28.8 Å². The van der Waals surface area contributed by atoms with E-state index in [9.17, 15) is 29.1 Å². The number of phenols is 1. The summed E-state index contributed by atoms with van der Waals surface area (Å²) in [6, 6.07) is 0.695. The van der Waals surface area contributed by atoms with Crippen LogP contribution in [-0.2, 0) is 35.1 Å². The average Bonchev–Trinajstić information content (AvgIpc) is 3.04. The number of carbonyl (C=O) groups excluding carboxylic acids is 5. The summed E-state index contributed by atoms with van der Waals surface area (Å²) in [7, 11) is 1.36. The SMILES string of the molecule is COC(=O)CCCCCNC(=O)[C@H](CC1CCCCC1)NC(=O)CNC(=O)[C@@H](CCSC)NC(=O)[C@H](N)Cc1c(C)cc(O)cc1C.Cl. The first-order chi connectivity index (χ1) is 22.4. The average molecular weight is 714 g/mol. The molecular weight excluding hydrogens is 658 g/mol. The largest absolute Gasteiger partial charge is 0.508 e. The molecule has 0 radical (unpaired) electrons. The molecule has 0 aliphatic heterocycles. The quantitative estimate of drug-likeness (QED) is 0.0872. The van der Waals surface area contributed by atoms with Crippen LogP contribution in [0.1, 0.15) is 87.3 Å². The number of halogens is 1. The van der Waals surface area contributed by atoms with Gasteiger partial charge >= 0.3 is 5.97 Å². The number of amides is 4. The van der Waals surface area contributed by atoms with Crippen LogP contribution in [0.2, 0.25) is 0 Å². The zero-order valence-corrected chi connectivity index (χ0v) is 30.5. The van der Waals surface area contributed by atoms with Crippen molar-refractivity contribution in [3.63, 3.8) is 0 Å². The van der Waals surface area contributed by atoms with Gasteiger partial charge in [-0.05, 0) is 92.7 Å². The summed E-state index contributed by atoms with van der Waals surface area (Å²) in [6.07, 6.45) is 10.9. The molecule has 3 atom stereocenters. The second-order valence-electron chi connectivity index (χ2n) is 12.5. The van der Waals surface area contributed by atoms with Crippen molar-refractivity contribution in [2.24, 2.45) is 11.7 Å². The van der Waals surface area contributed by atoms with Gasteiger partial charge in [0, 0.05) is 13.0 Å². The number of hydrogen-bond donors (Lipinski definition) is 6. The van der Waals surface area contributed by atoms with Crippen molar-refractivity contribution in [2.75, 3.05) is 32.2 Å². The number of thioether (sulfide) groups is 1. The Morgan fingerprint density at radius 2 is 1.58 bits per heavy atom. The van der Waals surface area contributed by atoms with E-state index < -0.39 is 35.8 Å². The number of rotatable bonds is 20. The van der Waals surface area contributed by atoms with E-state index in [0.29, 0.717) is 50.3 Å². The third kappa shape index (κ3) is 15.9. The van der Waals surface area contributed by atoms with Crippen LogP contribution in [0.5, 0.6) is 5.75 Å². The lowest BCUT2D eigenvalue weighted by atomic mass is 9.84. The summed E-state index contributed by atoms with van der Waals surface area (Å²) in [5.41, 5.74) is 8.73. The van der Waals surface area contributed by atoms with Gasteiger partial charge in [0.05, 0.1) is 19.7 Å². The van der Waals surface area contributed by atoms with Gasteiger partial charge in [-0.1, -0.05) is 38.5 Å². The van der Waals surface area contributed by atoms with Gasteiger partial charge in [-0.25, -0.2) is 0 Å². The third-order valence-corrected chi connectivity index (χ3v) is 9.28. The zero-order valence-electron chi connectivity index (χ0n) is 28.9. The standard InChI is InChI=1S/C34H55N5O7S.ClH/c1-22-17-25(40)18-23(2)26(22)20-27(35)32(43)39-28(14-16-47-4)33(44)37-21-30(41)38-29(19-24-11-7-5-8-12-24)34(45)36-15-10-6-9-13-31(42)46-3;/h17-18,24,27-29,40H,5-16,19-21,35H2,1-4H3,(H,36,45)(H,37,44)(H,38,41)(H,39,43);1H/t27-,28-,29+;/m1./s1. The summed E-state index contributed by atoms with van der Waals surface area (Å²) >= 11 is 1.53. The molecule has 48 heavy (non-hydrogen) atoms. The second kappa shape index (κ2) is 23.3. The minimum absolute atomic E-state index is 0. The van der Waals surface area contributed by atoms with Crippen molar-refractivity contribution in [1.82, 2.24) is 21.3 Å². The molecule has 1 saturated carbocycles. The number of carbonyl (C=O) groups is 5. The Hall–Kier alpha value is -3.03. The molecule has 1 aliphatic carbocycles. The molecule has 1 aliphatic rings. The third-order valence-electron chi connectivity index (χ3n) is 8.64. The van der Waals surface area contributed by atoms with Crippen molar-refractivity contribution < 1.29 is 33.8 Å². The zero-order chi connectivity index (χ0) is 34.8. The molecule has 12 nitrogen and oxygen atoms in total. The Morgan fingerprint density at radius 3 is 2.21 bits per heavy atom. The predicted molar refractivity (Wildman–Crippen MR) is 191 cm³/mol. The number of nitrogens with two attached hydrogens (primary N) is 1.